The van der Waals surface area contributed by atoms with Crippen LogP contribution in [0.15, 0.2) is 24.3 Å². The SMILES string of the molecule is CCc1cccc(-c2cc(N)n(C)n2)c1OC. The second-order valence-corrected chi connectivity index (χ2v) is 3.93. The van der Waals surface area contributed by atoms with Gasteiger partial charge < -0.3 is 10.5 Å². The maximum Gasteiger partial charge on any atom is 0.131 e. The van der Waals surface area contributed by atoms with Gasteiger partial charge in [-0.05, 0) is 18.1 Å². The first-order valence-electron chi connectivity index (χ1n) is 5.63. The van der Waals surface area contributed by atoms with E-state index >= 15 is 0 Å². The number of benzene rings is 1. The van der Waals surface area contributed by atoms with Gasteiger partial charge in [0.15, 0.2) is 0 Å². The van der Waals surface area contributed by atoms with Crippen LogP contribution in [-0.2, 0) is 13.5 Å². The Morgan fingerprint density at radius 2 is 2.18 bits per heavy atom. The van der Waals surface area contributed by atoms with Crippen molar-refractivity contribution in [1.29, 1.82) is 0 Å². The molecule has 1 heterocycles. The smallest absolute Gasteiger partial charge is 0.131 e. The number of para-hydroxylation sites is 1. The summed E-state index contributed by atoms with van der Waals surface area (Å²) >= 11 is 0. The van der Waals surface area contributed by atoms with Crippen molar-refractivity contribution in [3.8, 4) is 17.0 Å². The fourth-order valence-electron chi connectivity index (χ4n) is 1.92. The summed E-state index contributed by atoms with van der Waals surface area (Å²) in [7, 11) is 3.51. The number of hydrogen-bond acceptors (Lipinski definition) is 3. The summed E-state index contributed by atoms with van der Waals surface area (Å²) in [5.74, 6) is 1.53. The standard InChI is InChI=1S/C13H17N3O/c1-4-9-6-5-7-10(13(9)17-3)11-8-12(14)16(2)15-11/h5-8H,4,14H2,1-3H3. The number of aromatic nitrogens is 2. The summed E-state index contributed by atoms with van der Waals surface area (Å²) in [6.07, 6.45) is 0.930. The average molecular weight is 231 g/mol. The molecule has 4 heteroatoms. The summed E-state index contributed by atoms with van der Waals surface area (Å²) < 4.78 is 7.14. The minimum Gasteiger partial charge on any atom is -0.496 e. The number of anilines is 1. The Balaban J connectivity index is 2.58. The van der Waals surface area contributed by atoms with Crippen LogP contribution in [0.3, 0.4) is 0 Å². The van der Waals surface area contributed by atoms with Gasteiger partial charge in [-0.3, -0.25) is 4.68 Å². The molecule has 0 atom stereocenters. The molecule has 0 aliphatic carbocycles. The van der Waals surface area contributed by atoms with Gasteiger partial charge in [0, 0.05) is 18.7 Å². The monoisotopic (exact) mass is 231 g/mol. The molecule has 0 bridgehead atoms. The molecule has 0 unspecified atom stereocenters. The van der Waals surface area contributed by atoms with E-state index in [1.54, 1.807) is 11.8 Å². The predicted octanol–water partition coefficient (Wildman–Crippen LogP) is 2.24. The van der Waals surface area contributed by atoms with E-state index in [2.05, 4.69) is 18.1 Å². The number of nitrogen functional groups attached to an aromatic ring is 1. The summed E-state index contributed by atoms with van der Waals surface area (Å²) in [5.41, 5.74) is 8.80. The highest BCUT2D eigenvalue weighted by atomic mass is 16.5. The van der Waals surface area contributed by atoms with Crippen molar-refractivity contribution in [2.75, 3.05) is 12.8 Å². The van der Waals surface area contributed by atoms with Crippen LogP contribution in [0.1, 0.15) is 12.5 Å². The lowest BCUT2D eigenvalue weighted by molar-refractivity contribution is 0.411. The number of aryl methyl sites for hydroxylation is 2. The van der Waals surface area contributed by atoms with E-state index in [1.165, 1.54) is 5.56 Å². The lowest BCUT2D eigenvalue weighted by Crippen LogP contribution is -1.97. The van der Waals surface area contributed by atoms with Gasteiger partial charge >= 0.3 is 0 Å². The van der Waals surface area contributed by atoms with E-state index in [0.717, 1.165) is 23.4 Å². The van der Waals surface area contributed by atoms with Crippen LogP contribution < -0.4 is 10.5 Å². The Bertz CT molecular complexity index is 512. The minimum absolute atomic E-state index is 0.643. The van der Waals surface area contributed by atoms with Gasteiger partial charge in [-0.2, -0.15) is 5.10 Å². The lowest BCUT2D eigenvalue weighted by Gasteiger charge is -2.10. The molecule has 1 aromatic heterocycles. The van der Waals surface area contributed by atoms with Crippen molar-refractivity contribution in [3.05, 3.63) is 29.8 Å². The number of ether oxygens (including phenoxy) is 1. The van der Waals surface area contributed by atoms with Crippen molar-refractivity contribution in [3.63, 3.8) is 0 Å². The van der Waals surface area contributed by atoms with Gasteiger partial charge in [-0.1, -0.05) is 19.1 Å². The molecule has 17 heavy (non-hydrogen) atoms. The molecule has 2 N–H and O–H groups in total. The number of nitrogens with two attached hydrogens (primary N) is 1. The van der Waals surface area contributed by atoms with Crippen LogP contribution in [0.2, 0.25) is 0 Å². The molecule has 0 aliphatic heterocycles. The van der Waals surface area contributed by atoms with Crippen LogP contribution in [0.25, 0.3) is 11.3 Å². The lowest BCUT2D eigenvalue weighted by atomic mass is 10.0. The van der Waals surface area contributed by atoms with Gasteiger partial charge in [-0.25, -0.2) is 0 Å². The van der Waals surface area contributed by atoms with Crippen LogP contribution in [0.4, 0.5) is 5.82 Å². The highest BCUT2D eigenvalue weighted by Gasteiger charge is 2.12. The van der Waals surface area contributed by atoms with Gasteiger partial charge in [0.1, 0.15) is 11.6 Å². The first kappa shape index (κ1) is 11.5. The van der Waals surface area contributed by atoms with Gasteiger partial charge in [-0.15, -0.1) is 0 Å². The van der Waals surface area contributed by atoms with E-state index < -0.39 is 0 Å². The van der Waals surface area contributed by atoms with Gasteiger partial charge in [0.2, 0.25) is 0 Å². The molecule has 2 aromatic rings. The number of rotatable bonds is 3. The van der Waals surface area contributed by atoms with Gasteiger partial charge in [0.25, 0.3) is 0 Å². The third-order valence-corrected chi connectivity index (χ3v) is 2.87. The van der Waals surface area contributed by atoms with Crippen molar-refractivity contribution >= 4 is 5.82 Å². The van der Waals surface area contributed by atoms with E-state index in [9.17, 15) is 0 Å². The number of methoxy groups -OCH3 is 1. The summed E-state index contributed by atoms with van der Waals surface area (Å²) in [4.78, 5) is 0. The largest absolute Gasteiger partial charge is 0.496 e. The Hall–Kier alpha value is -1.97. The maximum absolute atomic E-state index is 5.80. The highest BCUT2D eigenvalue weighted by molar-refractivity contribution is 5.71. The van der Waals surface area contributed by atoms with Crippen molar-refractivity contribution in [2.45, 2.75) is 13.3 Å². The Kier molecular flexibility index (Phi) is 3.04. The van der Waals surface area contributed by atoms with Crippen LogP contribution in [0, 0.1) is 0 Å². The van der Waals surface area contributed by atoms with E-state index in [4.69, 9.17) is 10.5 Å². The normalized spacial score (nSPS) is 10.5. The first-order chi connectivity index (χ1) is 8.17. The third-order valence-electron chi connectivity index (χ3n) is 2.87. The molecule has 0 radical (unpaired) electrons. The molecule has 1 aromatic carbocycles. The molecule has 0 saturated heterocycles. The van der Waals surface area contributed by atoms with Crippen molar-refractivity contribution < 1.29 is 4.74 Å². The maximum atomic E-state index is 5.80. The molecule has 4 nitrogen and oxygen atoms in total. The average Bonchev–Trinajstić information content (AvgIpc) is 2.68. The molecule has 2 rings (SSSR count). The zero-order chi connectivity index (χ0) is 12.4. The highest BCUT2D eigenvalue weighted by Crippen LogP contribution is 2.33. The van der Waals surface area contributed by atoms with Gasteiger partial charge in [0.05, 0.1) is 12.8 Å². The van der Waals surface area contributed by atoms with Crippen LogP contribution in [-0.4, -0.2) is 16.9 Å². The second kappa shape index (κ2) is 4.49. The summed E-state index contributed by atoms with van der Waals surface area (Å²) in [6, 6.07) is 7.94. The van der Waals surface area contributed by atoms with Crippen molar-refractivity contribution in [1.82, 2.24) is 9.78 Å². The zero-order valence-corrected chi connectivity index (χ0v) is 10.4. The second-order valence-electron chi connectivity index (χ2n) is 3.93. The Morgan fingerprint density at radius 3 is 2.71 bits per heavy atom. The summed E-state index contributed by atoms with van der Waals surface area (Å²) in [5, 5.41) is 4.38. The predicted molar refractivity (Wildman–Crippen MR) is 69.0 cm³/mol. The zero-order valence-electron chi connectivity index (χ0n) is 10.4. The first-order valence-corrected chi connectivity index (χ1v) is 5.63. The molecule has 0 amide bonds. The number of nitrogens with zero attached hydrogens (tertiary/aromatic N) is 2. The summed E-state index contributed by atoms with van der Waals surface area (Å²) in [6.45, 7) is 2.11. The van der Waals surface area contributed by atoms with Crippen LogP contribution in [0.5, 0.6) is 5.75 Å². The van der Waals surface area contributed by atoms with Crippen molar-refractivity contribution in [2.24, 2.45) is 7.05 Å². The molecular formula is C13H17N3O. The fraction of sp³-hybridized carbons (Fsp3) is 0.308. The molecular weight excluding hydrogens is 214 g/mol. The quantitative estimate of drug-likeness (QED) is 0.881. The topological polar surface area (TPSA) is 53.1 Å². The Labute approximate surface area is 101 Å². The molecule has 0 aliphatic rings. The molecule has 0 fully saturated rings. The fourth-order valence-corrected chi connectivity index (χ4v) is 1.92. The van der Waals surface area contributed by atoms with E-state index in [1.807, 2.05) is 25.2 Å². The van der Waals surface area contributed by atoms with E-state index in [-0.39, 0.29) is 0 Å². The molecule has 90 valence electrons. The molecule has 0 saturated carbocycles. The van der Waals surface area contributed by atoms with E-state index in [0.29, 0.717) is 5.82 Å². The molecule has 0 spiro atoms. The minimum atomic E-state index is 0.643. The number of hydrogen-bond donors (Lipinski definition) is 1. The Morgan fingerprint density at radius 1 is 1.41 bits per heavy atom. The van der Waals surface area contributed by atoms with Crippen LogP contribution >= 0.6 is 0 Å². The third kappa shape index (κ3) is 1.98.